The molecule has 1 saturated heterocycles. The molecule has 10 nitrogen and oxygen atoms in total. The van der Waals surface area contributed by atoms with Gasteiger partial charge in [0.15, 0.2) is 0 Å². The number of nitrogens with zero attached hydrogens (tertiary/aromatic N) is 3. The van der Waals surface area contributed by atoms with Crippen LogP contribution in [0.25, 0.3) is 0 Å². The van der Waals surface area contributed by atoms with Crippen LogP contribution in [0.3, 0.4) is 0 Å². The van der Waals surface area contributed by atoms with Gasteiger partial charge in [0.25, 0.3) is 5.69 Å². The van der Waals surface area contributed by atoms with Crippen molar-refractivity contribution in [1.29, 1.82) is 0 Å². The van der Waals surface area contributed by atoms with Gasteiger partial charge in [-0.25, -0.2) is 0 Å². The molecule has 0 atom stereocenters. The standard InChI is InChI=1S/C23H29N5O5/c1-17-8-9-18(28(31)32)16-19(17)25-23(30)22(29)24-10-5-11-26-12-14-27(15-13-26)20-6-3-4-7-21(20)33-2/h3-4,6-9,16H,5,10-15H2,1-2H3,(H,24,29)(H,25,30). The Hall–Kier alpha value is -3.66. The first-order chi connectivity index (χ1) is 15.9. The van der Waals surface area contributed by atoms with Crippen LogP contribution in [-0.4, -0.2) is 68.0 Å². The van der Waals surface area contributed by atoms with Crippen LogP contribution in [-0.2, 0) is 9.59 Å². The summed E-state index contributed by atoms with van der Waals surface area (Å²) in [6, 6.07) is 12.1. The number of hydrogen-bond acceptors (Lipinski definition) is 7. The quantitative estimate of drug-likeness (QED) is 0.271. The van der Waals surface area contributed by atoms with E-state index in [9.17, 15) is 19.7 Å². The minimum Gasteiger partial charge on any atom is -0.495 e. The number of rotatable bonds is 8. The lowest BCUT2D eigenvalue weighted by atomic mass is 10.2. The number of non-ortho nitro benzene ring substituents is 1. The van der Waals surface area contributed by atoms with Gasteiger partial charge in [0.1, 0.15) is 5.75 Å². The maximum Gasteiger partial charge on any atom is 0.313 e. The van der Waals surface area contributed by atoms with Crippen LogP contribution < -0.4 is 20.3 Å². The minimum absolute atomic E-state index is 0.151. The van der Waals surface area contributed by atoms with Crippen molar-refractivity contribution < 1.29 is 19.2 Å². The number of benzene rings is 2. The van der Waals surface area contributed by atoms with Gasteiger partial charge < -0.3 is 20.3 Å². The molecule has 0 radical (unpaired) electrons. The number of amides is 2. The number of hydrogen-bond donors (Lipinski definition) is 2. The van der Waals surface area contributed by atoms with Crippen LogP contribution in [0.5, 0.6) is 5.75 Å². The van der Waals surface area contributed by atoms with Crippen molar-refractivity contribution in [2.75, 3.05) is 56.6 Å². The summed E-state index contributed by atoms with van der Waals surface area (Å²) in [6.45, 7) is 6.45. The van der Waals surface area contributed by atoms with Gasteiger partial charge in [-0.2, -0.15) is 0 Å². The lowest BCUT2D eigenvalue weighted by Gasteiger charge is -2.36. The van der Waals surface area contributed by atoms with Gasteiger partial charge in [-0.1, -0.05) is 18.2 Å². The van der Waals surface area contributed by atoms with E-state index >= 15 is 0 Å². The molecule has 2 aromatic rings. The highest BCUT2D eigenvalue weighted by Gasteiger charge is 2.20. The molecule has 0 aromatic heterocycles. The van der Waals surface area contributed by atoms with Crippen LogP contribution in [0.2, 0.25) is 0 Å². The average molecular weight is 456 g/mol. The predicted octanol–water partition coefficient (Wildman–Crippen LogP) is 2.18. The highest BCUT2D eigenvalue weighted by molar-refractivity contribution is 6.39. The molecule has 1 aliphatic heterocycles. The molecule has 0 aliphatic carbocycles. The fourth-order valence-corrected chi connectivity index (χ4v) is 3.73. The topological polar surface area (TPSA) is 117 Å². The van der Waals surface area contributed by atoms with Gasteiger partial charge in [-0.05, 0) is 37.6 Å². The molecule has 0 saturated carbocycles. The first kappa shape index (κ1) is 24.0. The van der Waals surface area contributed by atoms with E-state index in [1.807, 2.05) is 18.2 Å². The number of methoxy groups -OCH3 is 1. The Morgan fingerprint density at radius 1 is 1.09 bits per heavy atom. The maximum absolute atomic E-state index is 12.1. The Morgan fingerprint density at radius 2 is 1.82 bits per heavy atom. The molecule has 1 aliphatic rings. The van der Waals surface area contributed by atoms with E-state index in [0.29, 0.717) is 18.5 Å². The fraction of sp³-hybridized carbons (Fsp3) is 0.391. The second-order valence-corrected chi connectivity index (χ2v) is 7.82. The van der Waals surface area contributed by atoms with Gasteiger partial charge in [-0.15, -0.1) is 0 Å². The molecular formula is C23H29N5O5. The first-order valence-corrected chi connectivity index (χ1v) is 10.8. The van der Waals surface area contributed by atoms with E-state index in [2.05, 4.69) is 26.5 Å². The minimum atomic E-state index is -0.843. The van der Waals surface area contributed by atoms with Crippen molar-refractivity contribution in [3.63, 3.8) is 0 Å². The summed E-state index contributed by atoms with van der Waals surface area (Å²) >= 11 is 0. The van der Waals surface area contributed by atoms with Crippen molar-refractivity contribution in [2.45, 2.75) is 13.3 Å². The van der Waals surface area contributed by atoms with E-state index in [1.165, 1.54) is 18.2 Å². The molecule has 0 unspecified atom stereocenters. The van der Waals surface area contributed by atoms with Gasteiger partial charge in [-0.3, -0.25) is 24.6 Å². The lowest BCUT2D eigenvalue weighted by molar-refractivity contribution is -0.384. The molecule has 33 heavy (non-hydrogen) atoms. The third-order valence-corrected chi connectivity index (χ3v) is 5.62. The molecular weight excluding hydrogens is 426 g/mol. The maximum atomic E-state index is 12.1. The van der Waals surface area contributed by atoms with Crippen LogP contribution in [0, 0.1) is 17.0 Å². The Bertz CT molecular complexity index is 1000. The number of nitrogens with one attached hydrogen (secondary N) is 2. The molecule has 2 N–H and O–H groups in total. The lowest BCUT2D eigenvalue weighted by Crippen LogP contribution is -2.47. The SMILES string of the molecule is COc1ccccc1N1CCN(CCCNC(=O)C(=O)Nc2cc([N+](=O)[O-])ccc2C)CC1. The Morgan fingerprint density at radius 3 is 2.52 bits per heavy atom. The summed E-state index contributed by atoms with van der Waals surface area (Å²) in [4.78, 5) is 39.2. The fourth-order valence-electron chi connectivity index (χ4n) is 3.73. The molecule has 3 rings (SSSR count). The number of carbonyl (C=O) groups excluding carboxylic acids is 2. The van der Waals surface area contributed by atoms with Crippen LogP contribution in [0.4, 0.5) is 17.1 Å². The number of para-hydroxylation sites is 2. The van der Waals surface area contributed by atoms with Gasteiger partial charge in [0.2, 0.25) is 0 Å². The summed E-state index contributed by atoms with van der Waals surface area (Å²) < 4.78 is 5.45. The zero-order valence-corrected chi connectivity index (χ0v) is 18.9. The summed E-state index contributed by atoms with van der Waals surface area (Å²) in [5.74, 6) is -0.738. The Balaban J connectivity index is 1.38. The van der Waals surface area contributed by atoms with Crippen molar-refractivity contribution in [1.82, 2.24) is 10.2 Å². The van der Waals surface area contributed by atoms with Crippen molar-refractivity contribution in [3.8, 4) is 5.75 Å². The average Bonchev–Trinajstić information content (AvgIpc) is 2.83. The number of piperazine rings is 1. The number of ether oxygens (including phenoxy) is 1. The monoisotopic (exact) mass is 455 g/mol. The molecule has 2 aromatic carbocycles. The summed E-state index contributed by atoms with van der Waals surface area (Å²) in [6.07, 6.45) is 0.712. The third kappa shape index (κ3) is 6.42. The molecule has 0 bridgehead atoms. The Kier molecular flexibility index (Phi) is 8.20. The molecule has 1 fully saturated rings. The highest BCUT2D eigenvalue weighted by Crippen LogP contribution is 2.28. The molecule has 10 heteroatoms. The van der Waals surface area contributed by atoms with Gasteiger partial charge in [0.05, 0.1) is 23.4 Å². The van der Waals surface area contributed by atoms with Crippen LogP contribution >= 0.6 is 0 Å². The number of aryl methyl sites for hydroxylation is 1. The smallest absolute Gasteiger partial charge is 0.313 e. The van der Waals surface area contributed by atoms with E-state index in [0.717, 1.165) is 44.2 Å². The van der Waals surface area contributed by atoms with Crippen LogP contribution in [0.15, 0.2) is 42.5 Å². The van der Waals surface area contributed by atoms with E-state index in [4.69, 9.17) is 4.74 Å². The largest absolute Gasteiger partial charge is 0.495 e. The summed E-state index contributed by atoms with van der Waals surface area (Å²) in [7, 11) is 1.68. The highest BCUT2D eigenvalue weighted by atomic mass is 16.6. The van der Waals surface area contributed by atoms with E-state index in [-0.39, 0.29) is 11.4 Å². The number of nitro benzene ring substituents is 1. The third-order valence-electron chi connectivity index (χ3n) is 5.62. The van der Waals surface area contributed by atoms with Gasteiger partial charge in [0, 0.05) is 44.9 Å². The first-order valence-electron chi connectivity index (χ1n) is 10.8. The normalized spacial score (nSPS) is 13.9. The second-order valence-electron chi connectivity index (χ2n) is 7.82. The summed E-state index contributed by atoms with van der Waals surface area (Å²) in [5.41, 5.74) is 1.82. The Labute approximate surface area is 192 Å². The van der Waals surface area contributed by atoms with Crippen molar-refractivity contribution >= 4 is 28.9 Å². The zero-order chi connectivity index (χ0) is 23.8. The zero-order valence-electron chi connectivity index (χ0n) is 18.9. The molecule has 0 spiro atoms. The molecule has 1 heterocycles. The number of anilines is 2. The van der Waals surface area contributed by atoms with Crippen LogP contribution in [0.1, 0.15) is 12.0 Å². The van der Waals surface area contributed by atoms with Crippen molar-refractivity contribution in [2.24, 2.45) is 0 Å². The molecule has 2 amide bonds. The van der Waals surface area contributed by atoms with E-state index < -0.39 is 16.7 Å². The predicted molar refractivity (Wildman–Crippen MR) is 126 cm³/mol. The van der Waals surface area contributed by atoms with Crippen molar-refractivity contribution in [3.05, 3.63) is 58.1 Å². The number of nitro groups is 1. The van der Waals surface area contributed by atoms with E-state index in [1.54, 1.807) is 14.0 Å². The molecule has 176 valence electrons. The van der Waals surface area contributed by atoms with Gasteiger partial charge >= 0.3 is 11.8 Å². The second kappa shape index (κ2) is 11.3. The number of carbonyl (C=O) groups is 2. The summed E-state index contributed by atoms with van der Waals surface area (Å²) in [5, 5.41) is 16.0.